The Labute approximate surface area is 146 Å². The molecule has 9 nitrogen and oxygen atoms in total. The van der Waals surface area contributed by atoms with Gasteiger partial charge in [-0.05, 0) is 36.0 Å². The van der Waals surface area contributed by atoms with E-state index in [1.165, 1.54) is 22.5 Å². The fraction of sp³-hybridized carbons (Fsp3) is 0.200. The molecule has 0 spiro atoms. The molecule has 0 radical (unpaired) electrons. The molecule has 2 heterocycles. The maximum Gasteiger partial charge on any atom is 0.490 e. The zero-order valence-corrected chi connectivity index (χ0v) is 14.3. The number of hydrogen-bond donors (Lipinski definition) is 1. The predicted octanol–water partition coefficient (Wildman–Crippen LogP) is 2.57. The summed E-state index contributed by atoms with van der Waals surface area (Å²) in [4.78, 5) is 29.7. The highest BCUT2D eigenvalue weighted by Crippen LogP contribution is 2.26. The van der Waals surface area contributed by atoms with Gasteiger partial charge < -0.3 is 15.4 Å². The summed E-state index contributed by atoms with van der Waals surface area (Å²) in [6.45, 7) is 3.89. The SMILES string of the molecule is Cc1ccc(-c2csc(NC(=O)Cn3cnc([N+](=O)[O-])n3)n2)cc1C. The molecule has 25 heavy (non-hydrogen) atoms. The second-order valence-corrected chi connectivity index (χ2v) is 6.24. The Hall–Kier alpha value is -3.14. The third kappa shape index (κ3) is 3.86. The molecule has 1 aromatic carbocycles. The number of nitrogens with zero attached hydrogens (tertiary/aromatic N) is 5. The van der Waals surface area contributed by atoms with Crippen molar-refractivity contribution in [3.05, 3.63) is 51.1 Å². The van der Waals surface area contributed by atoms with Crippen molar-refractivity contribution in [2.45, 2.75) is 20.4 Å². The number of nitro groups is 1. The Bertz CT molecular complexity index is 948. The van der Waals surface area contributed by atoms with Crippen molar-refractivity contribution >= 4 is 28.3 Å². The topological polar surface area (TPSA) is 116 Å². The number of rotatable bonds is 5. The van der Waals surface area contributed by atoms with Crippen LogP contribution in [-0.2, 0) is 11.3 Å². The van der Waals surface area contributed by atoms with Gasteiger partial charge in [-0.2, -0.15) is 4.68 Å². The number of carbonyl (C=O) groups excluding carboxylic acids is 1. The van der Waals surface area contributed by atoms with E-state index in [9.17, 15) is 14.9 Å². The predicted molar refractivity (Wildman–Crippen MR) is 92.3 cm³/mol. The van der Waals surface area contributed by atoms with Crippen LogP contribution in [-0.4, -0.2) is 30.6 Å². The van der Waals surface area contributed by atoms with Crippen molar-refractivity contribution in [1.82, 2.24) is 19.7 Å². The van der Waals surface area contributed by atoms with Crippen LogP contribution in [0.3, 0.4) is 0 Å². The van der Waals surface area contributed by atoms with E-state index in [2.05, 4.69) is 20.4 Å². The van der Waals surface area contributed by atoms with Gasteiger partial charge in [0.05, 0.1) is 5.69 Å². The molecule has 2 aromatic heterocycles. The van der Waals surface area contributed by atoms with Gasteiger partial charge in [-0.1, -0.05) is 17.1 Å². The minimum absolute atomic E-state index is 0.181. The normalized spacial score (nSPS) is 10.6. The first-order chi connectivity index (χ1) is 11.9. The van der Waals surface area contributed by atoms with Crippen molar-refractivity contribution in [3.63, 3.8) is 0 Å². The maximum absolute atomic E-state index is 12.0. The van der Waals surface area contributed by atoms with Crippen LogP contribution in [0.5, 0.6) is 0 Å². The van der Waals surface area contributed by atoms with Gasteiger partial charge in [-0.15, -0.1) is 11.3 Å². The van der Waals surface area contributed by atoms with Crippen LogP contribution in [0.4, 0.5) is 11.1 Å². The molecule has 0 aliphatic carbocycles. The average Bonchev–Trinajstić information content (AvgIpc) is 3.19. The molecule has 0 aliphatic heterocycles. The number of aromatic nitrogens is 4. The second-order valence-electron chi connectivity index (χ2n) is 5.38. The number of aryl methyl sites for hydroxylation is 2. The molecule has 0 saturated heterocycles. The minimum atomic E-state index is -0.717. The van der Waals surface area contributed by atoms with E-state index >= 15 is 0 Å². The molecule has 128 valence electrons. The molecule has 0 atom stereocenters. The lowest BCUT2D eigenvalue weighted by molar-refractivity contribution is -0.394. The maximum atomic E-state index is 12.0. The molecule has 1 amide bonds. The third-order valence-corrected chi connectivity index (χ3v) is 4.30. The first-order valence-corrected chi connectivity index (χ1v) is 8.17. The fourth-order valence-corrected chi connectivity index (χ4v) is 2.85. The Balaban J connectivity index is 1.66. The van der Waals surface area contributed by atoms with Crippen LogP contribution in [0.2, 0.25) is 0 Å². The standard InChI is InChI=1S/C15H14N6O3S/c1-9-3-4-11(5-10(9)2)12-7-25-15(17-12)18-13(22)6-20-8-16-14(19-20)21(23)24/h3-5,7-8H,6H2,1-2H3,(H,17,18,22). The molecule has 0 unspecified atom stereocenters. The number of hydrogen-bond acceptors (Lipinski definition) is 7. The summed E-state index contributed by atoms with van der Waals surface area (Å²) < 4.78 is 1.10. The molecule has 0 fully saturated rings. The zero-order valence-electron chi connectivity index (χ0n) is 13.5. The minimum Gasteiger partial charge on any atom is -0.390 e. The molecule has 3 aromatic rings. The highest BCUT2D eigenvalue weighted by atomic mass is 32.1. The number of nitrogens with one attached hydrogen (secondary N) is 1. The quantitative estimate of drug-likeness (QED) is 0.553. The Morgan fingerprint density at radius 1 is 1.36 bits per heavy atom. The molecule has 0 aliphatic rings. The third-order valence-electron chi connectivity index (χ3n) is 3.55. The summed E-state index contributed by atoms with van der Waals surface area (Å²) in [5, 5.41) is 19.1. The van der Waals surface area contributed by atoms with Gasteiger partial charge in [0, 0.05) is 16.0 Å². The van der Waals surface area contributed by atoms with Gasteiger partial charge in [-0.25, -0.2) is 4.98 Å². The fourth-order valence-electron chi connectivity index (χ4n) is 2.12. The lowest BCUT2D eigenvalue weighted by Gasteiger charge is -2.02. The molecule has 0 saturated carbocycles. The van der Waals surface area contributed by atoms with E-state index in [0.29, 0.717) is 5.13 Å². The van der Waals surface area contributed by atoms with Crippen LogP contribution in [0.15, 0.2) is 29.9 Å². The zero-order chi connectivity index (χ0) is 18.0. The van der Waals surface area contributed by atoms with Crippen LogP contribution < -0.4 is 5.32 Å². The Kier molecular flexibility index (Phi) is 4.52. The second kappa shape index (κ2) is 6.77. The van der Waals surface area contributed by atoms with E-state index in [1.807, 2.05) is 37.4 Å². The number of thiazole rings is 1. The van der Waals surface area contributed by atoms with Crippen molar-refractivity contribution in [1.29, 1.82) is 0 Å². The molecule has 1 N–H and O–H groups in total. The van der Waals surface area contributed by atoms with E-state index in [-0.39, 0.29) is 12.5 Å². The van der Waals surface area contributed by atoms with Crippen molar-refractivity contribution in [2.75, 3.05) is 5.32 Å². The summed E-state index contributed by atoms with van der Waals surface area (Å²) in [7, 11) is 0. The number of anilines is 1. The lowest BCUT2D eigenvalue weighted by atomic mass is 10.1. The highest BCUT2D eigenvalue weighted by Gasteiger charge is 2.16. The van der Waals surface area contributed by atoms with E-state index in [1.54, 1.807) is 0 Å². The van der Waals surface area contributed by atoms with Crippen molar-refractivity contribution in [3.8, 4) is 11.3 Å². The smallest absolute Gasteiger partial charge is 0.390 e. The number of carbonyl (C=O) groups is 1. The molecule has 0 bridgehead atoms. The molecule has 3 rings (SSSR count). The van der Waals surface area contributed by atoms with E-state index in [0.717, 1.165) is 22.3 Å². The molecular formula is C15H14N6O3S. The summed E-state index contributed by atoms with van der Waals surface area (Å²) in [5.74, 6) is -0.931. The summed E-state index contributed by atoms with van der Waals surface area (Å²) in [5.41, 5.74) is 4.13. The van der Waals surface area contributed by atoms with Gasteiger partial charge in [0.15, 0.2) is 5.13 Å². The van der Waals surface area contributed by atoms with Gasteiger partial charge >= 0.3 is 5.95 Å². The Morgan fingerprint density at radius 3 is 2.84 bits per heavy atom. The monoisotopic (exact) mass is 358 g/mol. The first kappa shape index (κ1) is 16.7. The van der Waals surface area contributed by atoms with E-state index < -0.39 is 10.9 Å². The van der Waals surface area contributed by atoms with Crippen LogP contribution >= 0.6 is 11.3 Å². The van der Waals surface area contributed by atoms with Crippen LogP contribution in [0, 0.1) is 24.0 Å². The highest BCUT2D eigenvalue weighted by molar-refractivity contribution is 7.14. The van der Waals surface area contributed by atoms with Crippen LogP contribution in [0.1, 0.15) is 11.1 Å². The number of amides is 1. The van der Waals surface area contributed by atoms with Gasteiger partial charge in [0.25, 0.3) is 0 Å². The average molecular weight is 358 g/mol. The largest absolute Gasteiger partial charge is 0.490 e. The summed E-state index contributed by atoms with van der Waals surface area (Å²) >= 11 is 1.31. The molecule has 10 heteroatoms. The Morgan fingerprint density at radius 2 is 2.16 bits per heavy atom. The number of benzene rings is 1. The van der Waals surface area contributed by atoms with E-state index in [4.69, 9.17) is 0 Å². The summed E-state index contributed by atoms with van der Waals surface area (Å²) in [6.07, 6.45) is 1.14. The first-order valence-electron chi connectivity index (χ1n) is 7.29. The van der Waals surface area contributed by atoms with Gasteiger partial charge in [0.1, 0.15) is 6.54 Å². The summed E-state index contributed by atoms with van der Waals surface area (Å²) in [6, 6.07) is 6.06. The van der Waals surface area contributed by atoms with Gasteiger partial charge in [0.2, 0.25) is 12.2 Å². The van der Waals surface area contributed by atoms with Crippen molar-refractivity contribution in [2.24, 2.45) is 0 Å². The van der Waals surface area contributed by atoms with Crippen LogP contribution in [0.25, 0.3) is 11.3 Å². The molecular weight excluding hydrogens is 344 g/mol. The van der Waals surface area contributed by atoms with Crippen molar-refractivity contribution < 1.29 is 9.72 Å². The van der Waals surface area contributed by atoms with Gasteiger partial charge in [-0.3, -0.25) is 4.79 Å². The lowest BCUT2D eigenvalue weighted by Crippen LogP contribution is -2.19.